The number of nitrogens with one attached hydrogen (secondary N) is 1. The normalized spacial score (nSPS) is 12.2. The fourth-order valence-electron chi connectivity index (χ4n) is 2.25. The Labute approximate surface area is 148 Å². The lowest BCUT2D eigenvalue weighted by Gasteiger charge is -2.20. The largest absolute Gasteiger partial charge is 0.434 e. The lowest BCUT2D eigenvalue weighted by Crippen LogP contribution is -2.30. The molecule has 1 amide bonds. The predicted octanol–water partition coefficient (Wildman–Crippen LogP) is 4.85. The molecule has 0 aliphatic carbocycles. The van der Waals surface area contributed by atoms with Gasteiger partial charge in [0.05, 0.1) is 11.8 Å². The van der Waals surface area contributed by atoms with Crippen molar-refractivity contribution in [1.82, 2.24) is 5.32 Å². The number of carbonyl (C=O) groups is 1. The Kier molecular flexibility index (Phi) is 7.52. The third-order valence-corrected chi connectivity index (χ3v) is 5.35. The quantitative estimate of drug-likeness (QED) is 0.685. The van der Waals surface area contributed by atoms with Crippen molar-refractivity contribution in [3.8, 4) is 5.75 Å². The SMILES string of the molecule is CC[C@@H](NC(=O)CSCc1cccs1)c1ccccc1OC(F)F. The van der Waals surface area contributed by atoms with Gasteiger partial charge in [-0.3, -0.25) is 4.79 Å². The molecule has 0 saturated carbocycles. The number of thiophene rings is 1. The van der Waals surface area contributed by atoms with E-state index in [1.165, 1.54) is 22.7 Å². The van der Waals surface area contributed by atoms with Gasteiger partial charge in [0.1, 0.15) is 5.75 Å². The number of carbonyl (C=O) groups excluding carboxylic acids is 1. The number of hydrogen-bond acceptors (Lipinski definition) is 4. The summed E-state index contributed by atoms with van der Waals surface area (Å²) in [5, 5.41) is 4.90. The molecule has 2 aromatic rings. The zero-order valence-corrected chi connectivity index (χ0v) is 14.8. The Balaban J connectivity index is 1.92. The molecular weight excluding hydrogens is 352 g/mol. The van der Waals surface area contributed by atoms with E-state index in [0.29, 0.717) is 17.7 Å². The molecular formula is C17H19F2NO2S2. The maximum Gasteiger partial charge on any atom is 0.387 e. The van der Waals surface area contributed by atoms with Crippen LogP contribution in [0.2, 0.25) is 0 Å². The van der Waals surface area contributed by atoms with Crippen LogP contribution in [-0.4, -0.2) is 18.3 Å². The van der Waals surface area contributed by atoms with Gasteiger partial charge in [0, 0.05) is 16.2 Å². The minimum absolute atomic E-state index is 0.103. The molecule has 0 aliphatic heterocycles. The second-order valence-corrected chi connectivity index (χ2v) is 7.03. The van der Waals surface area contributed by atoms with Crippen molar-refractivity contribution in [3.05, 3.63) is 52.2 Å². The molecule has 7 heteroatoms. The summed E-state index contributed by atoms with van der Waals surface area (Å²) in [5.74, 6) is 1.10. The number of halogens is 2. The number of para-hydroxylation sites is 1. The highest BCUT2D eigenvalue weighted by Crippen LogP contribution is 2.28. The molecule has 0 bridgehead atoms. The highest BCUT2D eigenvalue weighted by molar-refractivity contribution is 7.99. The standard InChI is InChI=1S/C17H19F2NO2S2/c1-2-14(13-7-3-4-8-15(13)22-17(18)19)20-16(21)11-23-10-12-6-5-9-24-12/h3-9,14,17H,2,10-11H2,1H3,(H,20,21)/t14-/m1/s1. The van der Waals surface area contributed by atoms with E-state index in [4.69, 9.17) is 0 Å². The van der Waals surface area contributed by atoms with Gasteiger partial charge in [0.2, 0.25) is 5.91 Å². The summed E-state index contributed by atoms with van der Waals surface area (Å²) >= 11 is 3.19. The summed E-state index contributed by atoms with van der Waals surface area (Å²) in [6.45, 7) is -0.996. The summed E-state index contributed by atoms with van der Waals surface area (Å²) < 4.78 is 29.6. The van der Waals surface area contributed by atoms with Crippen molar-refractivity contribution in [2.75, 3.05) is 5.75 Å². The van der Waals surface area contributed by atoms with E-state index in [9.17, 15) is 13.6 Å². The topological polar surface area (TPSA) is 38.3 Å². The molecule has 0 aliphatic rings. The molecule has 24 heavy (non-hydrogen) atoms. The molecule has 1 aromatic heterocycles. The fraction of sp³-hybridized carbons (Fsp3) is 0.353. The lowest BCUT2D eigenvalue weighted by molar-refractivity contribution is -0.119. The second kappa shape index (κ2) is 9.64. The molecule has 130 valence electrons. The summed E-state index contributed by atoms with van der Waals surface area (Å²) in [7, 11) is 0. The van der Waals surface area contributed by atoms with Crippen LogP contribution in [0.25, 0.3) is 0 Å². The molecule has 2 rings (SSSR count). The predicted molar refractivity (Wildman–Crippen MR) is 94.7 cm³/mol. The highest BCUT2D eigenvalue weighted by Gasteiger charge is 2.18. The van der Waals surface area contributed by atoms with E-state index in [1.807, 2.05) is 24.4 Å². The van der Waals surface area contributed by atoms with Gasteiger partial charge >= 0.3 is 6.61 Å². The Bertz CT molecular complexity index is 635. The number of rotatable bonds is 9. The first-order valence-electron chi connectivity index (χ1n) is 7.53. The van der Waals surface area contributed by atoms with Crippen LogP contribution in [-0.2, 0) is 10.5 Å². The Morgan fingerprint density at radius 3 is 2.75 bits per heavy atom. The molecule has 1 N–H and O–H groups in total. The molecule has 1 atom stereocenters. The molecule has 1 aromatic carbocycles. The van der Waals surface area contributed by atoms with Crippen molar-refractivity contribution >= 4 is 29.0 Å². The van der Waals surface area contributed by atoms with Gasteiger partial charge < -0.3 is 10.1 Å². The first-order valence-corrected chi connectivity index (χ1v) is 9.56. The smallest absolute Gasteiger partial charge is 0.387 e. The van der Waals surface area contributed by atoms with Crippen molar-refractivity contribution in [1.29, 1.82) is 0 Å². The highest BCUT2D eigenvalue weighted by atomic mass is 32.2. The van der Waals surface area contributed by atoms with Gasteiger partial charge in [-0.25, -0.2) is 0 Å². The number of ether oxygens (including phenoxy) is 1. The van der Waals surface area contributed by atoms with Crippen LogP contribution in [0.1, 0.15) is 29.8 Å². The van der Waals surface area contributed by atoms with E-state index < -0.39 is 6.61 Å². The Morgan fingerprint density at radius 1 is 1.29 bits per heavy atom. The zero-order chi connectivity index (χ0) is 17.4. The lowest BCUT2D eigenvalue weighted by atomic mass is 10.0. The average molecular weight is 371 g/mol. The number of benzene rings is 1. The molecule has 0 unspecified atom stereocenters. The molecule has 0 saturated heterocycles. The van der Waals surface area contributed by atoms with E-state index in [2.05, 4.69) is 10.1 Å². The fourth-order valence-corrected chi connectivity index (χ4v) is 3.93. The van der Waals surface area contributed by atoms with Crippen LogP contribution < -0.4 is 10.1 Å². The summed E-state index contributed by atoms with van der Waals surface area (Å²) in [6, 6.07) is 10.2. The molecule has 1 heterocycles. The van der Waals surface area contributed by atoms with E-state index in [0.717, 1.165) is 5.75 Å². The summed E-state index contributed by atoms with van der Waals surface area (Å²) in [5.41, 5.74) is 0.567. The monoisotopic (exact) mass is 371 g/mol. The van der Waals surface area contributed by atoms with Gasteiger partial charge in [-0.15, -0.1) is 23.1 Å². The minimum Gasteiger partial charge on any atom is -0.434 e. The van der Waals surface area contributed by atoms with Crippen LogP contribution in [0.5, 0.6) is 5.75 Å². The average Bonchev–Trinajstić information content (AvgIpc) is 3.06. The second-order valence-electron chi connectivity index (χ2n) is 5.02. The molecule has 0 radical (unpaired) electrons. The Hall–Kier alpha value is -1.60. The first kappa shape index (κ1) is 18.7. The van der Waals surface area contributed by atoms with Crippen LogP contribution in [0.3, 0.4) is 0 Å². The van der Waals surface area contributed by atoms with Gasteiger partial charge in [0.25, 0.3) is 0 Å². The molecule has 0 spiro atoms. The summed E-state index contributed by atoms with van der Waals surface area (Å²) in [4.78, 5) is 13.3. The van der Waals surface area contributed by atoms with Gasteiger partial charge in [0.15, 0.2) is 0 Å². The number of hydrogen-bond donors (Lipinski definition) is 1. The molecule has 3 nitrogen and oxygen atoms in total. The third kappa shape index (κ3) is 5.79. The van der Waals surface area contributed by atoms with Gasteiger partial charge in [-0.2, -0.15) is 8.78 Å². The number of amides is 1. The third-order valence-electron chi connectivity index (χ3n) is 3.31. The van der Waals surface area contributed by atoms with Crippen LogP contribution >= 0.6 is 23.1 Å². The maximum absolute atomic E-state index is 12.5. The van der Waals surface area contributed by atoms with Crippen LogP contribution in [0.15, 0.2) is 41.8 Å². The number of alkyl halides is 2. The summed E-state index contributed by atoms with van der Waals surface area (Å²) in [6.07, 6.45) is 0.588. The van der Waals surface area contributed by atoms with E-state index in [1.54, 1.807) is 29.5 Å². The van der Waals surface area contributed by atoms with Crippen molar-refractivity contribution in [2.45, 2.75) is 31.8 Å². The first-order chi connectivity index (χ1) is 11.6. The van der Waals surface area contributed by atoms with E-state index in [-0.39, 0.29) is 17.7 Å². The van der Waals surface area contributed by atoms with E-state index >= 15 is 0 Å². The molecule has 0 fully saturated rings. The van der Waals surface area contributed by atoms with Crippen molar-refractivity contribution < 1.29 is 18.3 Å². The zero-order valence-electron chi connectivity index (χ0n) is 13.2. The maximum atomic E-state index is 12.5. The van der Waals surface area contributed by atoms with Crippen LogP contribution in [0.4, 0.5) is 8.78 Å². The Morgan fingerprint density at radius 2 is 2.08 bits per heavy atom. The van der Waals surface area contributed by atoms with Crippen molar-refractivity contribution in [3.63, 3.8) is 0 Å². The number of thioether (sulfide) groups is 1. The van der Waals surface area contributed by atoms with Gasteiger partial charge in [-0.1, -0.05) is 31.2 Å². The van der Waals surface area contributed by atoms with Crippen LogP contribution in [0, 0.1) is 0 Å². The minimum atomic E-state index is -2.89. The van der Waals surface area contributed by atoms with Crippen molar-refractivity contribution in [2.24, 2.45) is 0 Å². The van der Waals surface area contributed by atoms with Gasteiger partial charge in [-0.05, 0) is 23.9 Å².